The van der Waals surface area contributed by atoms with Crippen molar-refractivity contribution in [2.75, 3.05) is 13.1 Å². The third kappa shape index (κ3) is 2.79. The number of rotatable bonds is 2. The molecule has 1 aliphatic heterocycles. The summed E-state index contributed by atoms with van der Waals surface area (Å²) < 4.78 is 1.93. The van der Waals surface area contributed by atoms with Gasteiger partial charge in [0, 0.05) is 39.2 Å². The fourth-order valence-corrected chi connectivity index (χ4v) is 2.81. The van der Waals surface area contributed by atoms with Gasteiger partial charge in [-0.25, -0.2) is 9.97 Å². The number of aromatic nitrogens is 4. The zero-order chi connectivity index (χ0) is 14.8. The lowest BCUT2D eigenvalue weighted by Crippen LogP contribution is -2.37. The second-order valence-corrected chi connectivity index (χ2v) is 5.52. The molecule has 0 radical (unpaired) electrons. The zero-order valence-corrected chi connectivity index (χ0v) is 12.4. The molecule has 0 aromatic carbocycles. The molecule has 6 nitrogen and oxygen atoms in total. The molecule has 1 fully saturated rings. The second-order valence-electron chi connectivity index (χ2n) is 5.52. The van der Waals surface area contributed by atoms with Gasteiger partial charge >= 0.3 is 0 Å². The number of likely N-dealkylation sites (tertiary alicyclic amines) is 1. The van der Waals surface area contributed by atoms with Crippen LogP contribution in [0.5, 0.6) is 0 Å². The summed E-state index contributed by atoms with van der Waals surface area (Å²) in [5.74, 6) is 0.402. The first-order valence-corrected chi connectivity index (χ1v) is 7.19. The summed E-state index contributed by atoms with van der Waals surface area (Å²) in [5.41, 5.74) is 2.73. The minimum Gasteiger partial charge on any atom is -0.342 e. The quantitative estimate of drug-likeness (QED) is 0.841. The number of piperidine rings is 1. The van der Waals surface area contributed by atoms with Gasteiger partial charge < -0.3 is 9.47 Å². The molecule has 0 N–H and O–H groups in total. The van der Waals surface area contributed by atoms with Gasteiger partial charge in [0.05, 0.1) is 30.1 Å². The Morgan fingerprint density at radius 2 is 2.14 bits per heavy atom. The van der Waals surface area contributed by atoms with Crippen molar-refractivity contribution in [3.05, 3.63) is 30.6 Å². The fourth-order valence-electron chi connectivity index (χ4n) is 2.81. The zero-order valence-electron chi connectivity index (χ0n) is 12.4. The highest BCUT2D eigenvalue weighted by molar-refractivity contribution is 5.73. The number of aryl methyl sites for hydroxylation is 1. The van der Waals surface area contributed by atoms with Crippen LogP contribution in [0.4, 0.5) is 0 Å². The van der Waals surface area contributed by atoms with Gasteiger partial charge in [0.1, 0.15) is 5.69 Å². The van der Waals surface area contributed by atoms with Gasteiger partial charge in [-0.05, 0) is 12.8 Å². The summed E-state index contributed by atoms with van der Waals surface area (Å²) in [6, 6.07) is 0. The van der Waals surface area contributed by atoms with Gasteiger partial charge in [-0.1, -0.05) is 0 Å². The highest BCUT2D eigenvalue weighted by atomic mass is 16.2. The van der Waals surface area contributed by atoms with Crippen molar-refractivity contribution >= 4 is 5.91 Å². The lowest BCUT2D eigenvalue weighted by molar-refractivity contribution is -0.130. The molecule has 2 aromatic heterocycles. The van der Waals surface area contributed by atoms with Gasteiger partial charge in [-0.15, -0.1) is 0 Å². The summed E-state index contributed by atoms with van der Waals surface area (Å²) in [4.78, 5) is 26.6. The van der Waals surface area contributed by atoms with Crippen molar-refractivity contribution in [3.63, 3.8) is 0 Å². The van der Waals surface area contributed by atoms with Gasteiger partial charge in [-0.3, -0.25) is 9.78 Å². The molecule has 1 unspecified atom stereocenters. The van der Waals surface area contributed by atoms with E-state index in [2.05, 4.69) is 9.97 Å². The second kappa shape index (κ2) is 5.63. The Labute approximate surface area is 123 Å². The van der Waals surface area contributed by atoms with E-state index >= 15 is 0 Å². The predicted octanol–water partition coefficient (Wildman–Crippen LogP) is 1.60. The van der Waals surface area contributed by atoms with Gasteiger partial charge in [0.25, 0.3) is 0 Å². The Bertz CT molecular complexity index is 651. The average molecular weight is 285 g/mol. The first-order chi connectivity index (χ1) is 10.1. The van der Waals surface area contributed by atoms with Crippen LogP contribution < -0.4 is 0 Å². The molecule has 0 spiro atoms. The molecule has 0 aliphatic carbocycles. The van der Waals surface area contributed by atoms with Crippen molar-refractivity contribution in [2.24, 2.45) is 7.05 Å². The molecule has 1 aliphatic rings. The van der Waals surface area contributed by atoms with E-state index in [1.165, 1.54) is 0 Å². The number of nitrogens with zero attached hydrogens (tertiary/aromatic N) is 5. The minimum absolute atomic E-state index is 0.135. The molecule has 3 heterocycles. The maximum atomic E-state index is 11.6. The molecule has 110 valence electrons. The van der Waals surface area contributed by atoms with E-state index in [0.717, 1.165) is 43.0 Å². The Morgan fingerprint density at radius 1 is 1.29 bits per heavy atom. The van der Waals surface area contributed by atoms with Crippen LogP contribution in [-0.2, 0) is 11.8 Å². The lowest BCUT2D eigenvalue weighted by atomic mass is 9.95. The molecular weight excluding hydrogens is 266 g/mol. The molecule has 1 saturated heterocycles. The van der Waals surface area contributed by atoms with E-state index in [4.69, 9.17) is 4.98 Å². The number of hydrogen-bond donors (Lipinski definition) is 0. The van der Waals surface area contributed by atoms with Crippen LogP contribution in [0.1, 0.15) is 31.4 Å². The van der Waals surface area contributed by atoms with Gasteiger partial charge in [-0.2, -0.15) is 0 Å². The van der Waals surface area contributed by atoms with Gasteiger partial charge in [0.2, 0.25) is 5.91 Å². The molecule has 2 aromatic rings. The predicted molar refractivity (Wildman–Crippen MR) is 78.5 cm³/mol. The average Bonchev–Trinajstić information content (AvgIpc) is 2.94. The van der Waals surface area contributed by atoms with Crippen LogP contribution in [-0.4, -0.2) is 43.4 Å². The van der Waals surface area contributed by atoms with E-state index in [0.29, 0.717) is 0 Å². The summed E-state index contributed by atoms with van der Waals surface area (Å²) in [7, 11) is 1.94. The molecule has 21 heavy (non-hydrogen) atoms. The monoisotopic (exact) mass is 285 g/mol. The summed E-state index contributed by atoms with van der Waals surface area (Å²) >= 11 is 0. The lowest BCUT2D eigenvalue weighted by Gasteiger charge is -2.31. The molecule has 0 saturated carbocycles. The maximum absolute atomic E-state index is 11.6. The van der Waals surface area contributed by atoms with Crippen molar-refractivity contribution in [1.82, 2.24) is 24.4 Å². The SMILES string of the molecule is CC(=O)N1CCCC(c2cncc(-c3cncn3C)n2)C1. The molecule has 0 bridgehead atoms. The third-order valence-electron chi connectivity index (χ3n) is 4.02. The number of amides is 1. The van der Waals surface area contributed by atoms with Crippen molar-refractivity contribution in [1.29, 1.82) is 0 Å². The number of hydrogen-bond acceptors (Lipinski definition) is 4. The van der Waals surface area contributed by atoms with Crippen LogP contribution in [0, 0.1) is 0 Å². The number of imidazole rings is 1. The fraction of sp³-hybridized carbons (Fsp3) is 0.467. The van der Waals surface area contributed by atoms with E-state index in [-0.39, 0.29) is 11.8 Å². The van der Waals surface area contributed by atoms with Crippen LogP contribution in [0.15, 0.2) is 24.9 Å². The van der Waals surface area contributed by atoms with Crippen molar-refractivity contribution in [2.45, 2.75) is 25.7 Å². The van der Waals surface area contributed by atoms with Crippen molar-refractivity contribution in [3.8, 4) is 11.4 Å². The molecule has 3 rings (SSSR count). The van der Waals surface area contributed by atoms with E-state index in [1.807, 2.05) is 22.7 Å². The van der Waals surface area contributed by atoms with E-state index < -0.39 is 0 Å². The smallest absolute Gasteiger partial charge is 0.219 e. The number of carbonyl (C=O) groups excluding carboxylic acids is 1. The molecule has 1 amide bonds. The highest BCUT2D eigenvalue weighted by Crippen LogP contribution is 2.26. The molecular formula is C15H19N5O. The first-order valence-electron chi connectivity index (χ1n) is 7.19. The Morgan fingerprint density at radius 3 is 2.86 bits per heavy atom. The largest absolute Gasteiger partial charge is 0.342 e. The Hall–Kier alpha value is -2.24. The number of carbonyl (C=O) groups is 1. The van der Waals surface area contributed by atoms with Gasteiger partial charge in [0.15, 0.2) is 0 Å². The van der Waals surface area contributed by atoms with E-state index in [1.54, 1.807) is 25.6 Å². The standard InChI is InChI=1S/C15H19N5O/c1-11(21)20-5-3-4-12(9-20)13-6-16-7-14(18-13)15-8-17-10-19(15)2/h6-8,10,12H,3-5,9H2,1-2H3. The van der Waals surface area contributed by atoms with Crippen LogP contribution in [0.25, 0.3) is 11.4 Å². The van der Waals surface area contributed by atoms with E-state index in [9.17, 15) is 4.79 Å². The maximum Gasteiger partial charge on any atom is 0.219 e. The Kier molecular flexibility index (Phi) is 3.68. The highest BCUT2D eigenvalue weighted by Gasteiger charge is 2.24. The third-order valence-corrected chi connectivity index (χ3v) is 4.02. The van der Waals surface area contributed by atoms with Crippen LogP contribution >= 0.6 is 0 Å². The normalized spacial score (nSPS) is 18.8. The topological polar surface area (TPSA) is 63.9 Å². The molecule has 6 heteroatoms. The summed E-state index contributed by atoms with van der Waals surface area (Å²) in [6.07, 6.45) is 9.17. The van der Waals surface area contributed by atoms with Crippen LogP contribution in [0.3, 0.4) is 0 Å². The minimum atomic E-state index is 0.135. The van der Waals surface area contributed by atoms with Crippen molar-refractivity contribution < 1.29 is 4.79 Å². The summed E-state index contributed by atoms with van der Waals surface area (Å²) in [6.45, 7) is 3.21. The van der Waals surface area contributed by atoms with Crippen LogP contribution in [0.2, 0.25) is 0 Å². The Balaban J connectivity index is 1.86. The first kappa shape index (κ1) is 13.7. The summed E-state index contributed by atoms with van der Waals surface area (Å²) in [5, 5.41) is 0. The molecule has 1 atom stereocenters.